The average Bonchev–Trinajstić information content (AvgIpc) is 2.10. The maximum atomic E-state index is 9.52. The van der Waals surface area contributed by atoms with Crippen molar-refractivity contribution in [2.75, 3.05) is 6.61 Å². The van der Waals surface area contributed by atoms with E-state index < -0.39 is 0 Å². The summed E-state index contributed by atoms with van der Waals surface area (Å²) < 4.78 is 5.22. The van der Waals surface area contributed by atoms with Gasteiger partial charge in [-0.3, -0.25) is 0 Å². The Morgan fingerprint density at radius 1 is 1.31 bits per heavy atom. The fourth-order valence-corrected chi connectivity index (χ4v) is 1.28. The van der Waals surface area contributed by atoms with E-state index in [1.807, 2.05) is 19.1 Å². The first kappa shape index (κ1) is 9.90. The number of aryl methyl sites for hydroxylation is 1. The highest BCUT2D eigenvalue weighted by molar-refractivity contribution is 5.41. The fraction of sp³-hybridized carbons (Fsp3) is 0.455. The van der Waals surface area contributed by atoms with Crippen molar-refractivity contribution in [2.24, 2.45) is 0 Å². The topological polar surface area (TPSA) is 29.5 Å². The zero-order valence-corrected chi connectivity index (χ0v) is 8.21. The first-order valence-corrected chi connectivity index (χ1v) is 4.72. The van der Waals surface area contributed by atoms with Gasteiger partial charge in [0.15, 0.2) is 11.5 Å². The summed E-state index contributed by atoms with van der Waals surface area (Å²) in [5.41, 5.74) is 1.16. The summed E-state index contributed by atoms with van der Waals surface area (Å²) in [4.78, 5) is 0. The molecule has 0 unspecified atom stereocenters. The molecule has 0 heterocycles. The molecule has 1 aromatic rings. The Labute approximate surface area is 79.2 Å². The summed E-state index contributed by atoms with van der Waals surface area (Å²) in [7, 11) is 0. The van der Waals surface area contributed by atoms with Crippen LogP contribution < -0.4 is 4.74 Å². The minimum absolute atomic E-state index is 0.243. The molecule has 0 atom stereocenters. The molecule has 0 saturated carbocycles. The van der Waals surface area contributed by atoms with Gasteiger partial charge in [-0.1, -0.05) is 19.4 Å². The van der Waals surface area contributed by atoms with E-state index in [1.165, 1.54) is 0 Å². The average molecular weight is 180 g/mol. The highest BCUT2D eigenvalue weighted by Crippen LogP contribution is 2.27. The highest BCUT2D eigenvalue weighted by atomic mass is 16.5. The summed E-state index contributed by atoms with van der Waals surface area (Å²) in [6, 6.07) is 5.59. The summed E-state index contributed by atoms with van der Waals surface area (Å²) in [6.07, 6.45) is 2.09. The van der Waals surface area contributed by atoms with Crippen molar-refractivity contribution in [3.8, 4) is 11.5 Å². The van der Waals surface area contributed by atoms with Crippen LogP contribution in [0.1, 0.15) is 25.8 Å². The number of ether oxygens (including phenoxy) is 1. The van der Waals surface area contributed by atoms with E-state index in [2.05, 4.69) is 6.92 Å². The van der Waals surface area contributed by atoms with Gasteiger partial charge in [-0.2, -0.15) is 0 Å². The number of phenols is 1. The van der Waals surface area contributed by atoms with Crippen molar-refractivity contribution in [3.63, 3.8) is 0 Å². The largest absolute Gasteiger partial charge is 0.504 e. The van der Waals surface area contributed by atoms with Gasteiger partial charge in [0, 0.05) is 0 Å². The standard InChI is InChI=1S/C11H16O2/c1-3-5-9-6-7-11(13-4-2)10(12)8-9/h6-8,12H,3-5H2,1-2H3. The second-order valence-corrected chi connectivity index (χ2v) is 2.99. The molecule has 1 N–H and O–H groups in total. The van der Waals surface area contributed by atoms with Gasteiger partial charge in [-0.15, -0.1) is 0 Å². The van der Waals surface area contributed by atoms with Gasteiger partial charge in [0.2, 0.25) is 0 Å². The lowest BCUT2D eigenvalue weighted by molar-refractivity contribution is 0.318. The van der Waals surface area contributed by atoms with Crippen molar-refractivity contribution in [2.45, 2.75) is 26.7 Å². The van der Waals surface area contributed by atoms with E-state index in [0.717, 1.165) is 18.4 Å². The lowest BCUT2D eigenvalue weighted by Crippen LogP contribution is -1.92. The second-order valence-electron chi connectivity index (χ2n) is 2.99. The van der Waals surface area contributed by atoms with Gasteiger partial charge < -0.3 is 9.84 Å². The summed E-state index contributed by atoms with van der Waals surface area (Å²) >= 11 is 0. The molecular formula is C11H16O2. The lowest BCUT2D eigenvalue weighted by atomic mass is 10.1. The van der Waals surface area contributed by atoms with Crippen LogP contribution >= 0.6 is 0 Å². The number of hydrogen-bond donors (Lipinski definition) is 1. The van der Waals surface area contributed by atoms with Crippen molar-refractivity contribution >= 4 is 0 Å². The number of benzene rings is 1. The highest BCUT2D eigenvalue weighted by Gasteiger charge is 2.01. The molecule has 2 heteroatoms. The van der Waals surface area contributed by atoms with Crippen molar-refractivity contribution in [1.29, 1.82) is 0 Å². The third kappa shape index (κ3) is 2.65. The van der Waals surface area contributed by atoms with E-state index >= 15 is 0 Å². The lowest BCUT2D eigenvalue weighted by Gasteiger charge is -2.06. The second kappa shape index (κ2) is 4.75. The van der Waals surface area contributed by atoms with E-state index in [-0.39, 0.29) is 5.75 Å². The minimum atomic E-state index is 0.243. The number of phenolic OH excluding ortho intramolecular Hbond substituents is 1. The van der Waals surface area contributed by atoms with Crippen molar-refractivity contribution in [3.05, 3.63) is 23.8 Å². The molecule has 2 nitrogen and oxygen atoms in total. The molecule has 0 aromatic heterocycles. The summed E-state index contributed by atoms with van der Waals surface area (Å²) in [6.45, 7) is 4.60. The third-order valence-electron chi connectivity index (χ3n) is 1.86. The predicted molar refractivity (Wildman–Crippen MR) is 53.3 cm³/mol. The Kier molecular flexibility index (Phi) is 3.62. The molecular weight excluding hydrogens is 164 g/mol. The Morgan fingerprint density at radius 2 is 2.08 bits per heavy atom. The molecule has 0 saturated heterocycles. The zero-order valence-electron chi connectivity index (χ0n) is 8.21. The first-order valence-electron chi connectivity index (χ1n) is 4.72. The smallest absolute Gasteiger partial charge is 0.160 e. The first-order chi connectivity index (χ1) is 6.27. The zero-order chi connectivity index (χ0) is 9.68. The predicted octanol–water partition coefficient (Wildman–Crippen LogP) is 2.74. The maximum Gasteiger partial charge on any atom is 0.160 e. The van der Waals surface area contributed by atoms with Crippen LogP contribution in [-0.2, 0) is 6.42 Å². The van der Waals surface area contributed by atoms with Crippen LogP contribution in [0, 0.1) is 0 Å². The minimum Gasteiger partial charge on any atom is -0.504 e. The Balaban J connectivity index is 2.79. The van der Waals surface area contributed by atoms with E-state index in [9.17, 15) is 5.11 Å². The molecule has 0 aliphatic heterocycles. The van der Waals surface area contributed by atoms with Crippen LogP contribution in [0.5, 0.6) is 11.5 Å². The quantitative estimate of drug-likeness (QED) is 0.772. The normalized spacial score (nSPS) is 10.0. The van der Waals surface area contributed by atoms with Crippen LogP contribution in [-0.4, -0.2) is 11.7 Å². The molecule has 0 aliphatic rings. The molecule has 0 fully saturated rings. The Bertz CT molecular complexity index is 269. The fourth-order valence-electron chi connectivity index (χ4n) is 1.28. The molecule has 0 spiro atoms. The van der Waals surface area contributed by atoms with Gasteiger partial charge in [0.1, 0.15) is 0 Å². The van der Waals surface area contributed by atoms with Crippen LogP contribution in [0.15, 0.2) is 18.2 Å². The van der Waals surface area contributed by atoms with Gasteiger partial charge in [0.25, 0.3) is 0 Å². The third-order valence-corrected chi connectivity index (χ3v) is 1.86. The molecule has 13 heavy (non-hydrogen) atoms. The van der Waals surface area contributed by atoms with Crippen molar-refractivity contribution < 1.29 is 9.84 Å². The Morgan fingerprint density at radius 3 is 2.62 bits per heavy atom. The van der Waals surface area contributed by atoms with Crippen LogP contribution in [0.25, 0.3) is 0 Å². The molecule has 1 rings (SSSR count). The van der Waals surface area contributed by atoms with Crippen LogP contribution in [0.2, 0.25) is 0 Å². The maximum absolute atomic E-state index is 9.52. The molecule has 0 radical (unpaired) electrons. The SMILES string of the molecule is CCCc1ccc(OCC)c(O)c1. The number of rotatable bonds is 4. The molecule has 0 bridgehead atoms. The van der Waals surface area contributed by atoms with Gasteiger partial charge in [-0.05, 0) is 31.0 Å². The van der Waals surface area contributed by atoms with E-state index in [0.29, 0.717) is 12.4 Å². The number of hydrogen-bond acceptors (Lipinski definition) is 2. The Hall–Kier alpha value is -1.18. The van der Waals surface area contributed by atoms with Crippen LogP contribution in [0.4, 0.5) is 0 Å². The molecule has 0 aliphatic carbocycles. The monoisotopic (exact) mass is 180 g/mol. The molecule has 72 valence electrons. The van der Waals surface area contributed by atoms with Gasteiger partial charge >= 0.3 is 0 Å². The summed E-state index contributed by atoms with van der Waals surface area (Å²) in [5.74, 6) is 0.815. The molecule has 1 aromatic carbocycles. The van der Waals surface area contributed by atoms with Crippen LogP contribution in [0.3, 0.4) is 0 Å². The van der Waals surface area contributed by atoms with Gasteiger partial charge in [0.05, 0.1) is 6.61 Å². The van der Waals surface area contributed by atoms with Gasteiger partial charge in [-0.25, -0.2) is 0 Å². The van der Waals surface area contributed by atoms with E-state index in [1.54, 1.807) is 6.07 Å². The number of aromatic hydroxyl groups is 1. The molecule has 0 amide bonds. The van der Waals surface area contributed by atoms with Crippen molar-refractivity contribution in [1.82, 2.24) is 0 Å². The summed E-state index contributed by atoms with van der Waals surface area (Å²) in [5, 5.41) is 9.52. The van der Waals surface area contributed by atoms with E-state index in [4.69, 9.17) is 4.74 Å².